The zero-order chi connectivity index (χ0) is 21.3. The summed E-state index contributed by atoms with van der Waals surface area (Å²) in [4.78, 5) is 3.11. The number of sulfonamides is 1. The van der Waals surface area contributed by atoms with Gasteiger partial charge in [-0.2, -0.15) is 4.31 Å². The average molecular weight is 427 g/mol. The van der Waals surface area contributed by atoms with E-state index < -0.39 is 10.0 Å². The van der Waals surface area contributed by atoms with E-state index in [1.807, 2.05) is 32.9 Å². The van der Waals surface area contributed by atoms with Crippen LogP contribution in [0.3, 0.4) is 0 Å². The Kier molecular flexibility index (Phi) is 6.33. The minimum absolute atomic E-state index is 0.508. The quantitative estimate of drug-likeness (QED) is 0.715. The molecule has 0 spiro atoms. The highest BCUT2D eigenvalue weighted by Crippen LogP contribution is 2.32. The van der Waals surface area contributed by atoms with Crippen LogP contribution in [-0.2, 0) is 10.0 Å². The van der Waals surface area contributed by atoms with Crippen molar-refractivity contribution in [2.24, 2.45) is 0 Å². The maximum absolute atomic E-state index is 13.3. The second-order valence-corrected chi connectivity index (χ2v) is 11.0. The maximum atomic E-state index is 13.3. The van der Waals surface area contributed by atoms with Crippen molar-refractivity contribution in [3.63, 3.8) is 0 Å². The second-order valence-electron chi connectivity index (χ2n) is 9.08. The molecule has 2 fully saturated rings. The summed E-state index contributed by atoms with van der Waals surface area (Å²) in [5.41, 5.74) is 4.29. The molecular weight excluding hydrogens is 392 g/mol. The molecule has 30 heavy (non-hydrogen) atoms. The van der Waals surface area contributed by atoms with Crippen molar-refractivity contribution < 1.29 is 8.42 Å². The molecule has 4 nitrogen and oxygen atoms in total. The van der Waals surface area contributed by atoms with Gasteiger partial charge in [-0.25, -0.2) is 8.42 Å². The number of hydrogen-bond acceptors (Lipinski definition) is 3. The van der Waals surface area contributed by atoms with Gasteiger partial charge in [-0.3, -0.25) is 0 Å². The van der Waals surface area contributed by atoms with Gasteiger partial charge < -0.3 is 4.90 Å². The van der Waals surface area contributed by atoms with E-state index in [-0.39, 0.29) is 0 Å². The first-order valence-electron chi connectivity index (χ1n) is 11.2. The lowest BCUT2D eigenvalue weighted by Gasteiger charge is -2.41. The Morgan fingerprint density at radius 1 is 0.800 bits per heavy atom. The molecule has 0 unspecified atom stereocenters. The van der Waals surface area contributed by atoms with Crippen molar-refractivity contribution >= 4 is 10.0 Å². The van der Waals surface area contributed by atoms with E-state index in [0.717, 1.165) is 42.6 Å². The van der Waals surface area contributed by atoms with Crippen molar-refractivity contribution in [1.29, 1.82) is 0 Å². The number of rotatable bonds is 4. The second kappa shape index (κ2) is 8.81. The van der Waals surface area contributed by atoms with Crippen LogP contribution in [0.25, 0.3) is 0 Å². The highest BCUT2D eigenvalue weighted by atomic mass is 32.2. The van der Waals surface area contributed by atoms with Crippen LogP contribution < -0.4 is 0 Å². The number of benzene rings is 2. The molecule has 2 aromatic carbocycles. The van der Waals surface area contributed by atoms with Crippen LogP contribution in [0.15, 0.2) is 47.4 Å². The molecule has 0 bridgehead atoms. The first-order valence-corrected chi connectivity index (χ1v) is 12.7. The smallest absolute Gasteiger partial charge is 0.243 e. The van der Waals surface area contributed by atoms with Crippen molar-refractivity contribution in [3.05, 3.63) is 64.7 Å². The van der Waals surface area contributed by atoms with Gasteiger partial charge in [-0.05, 0) is 82.2 Å². The SMILES string of the molecule is Cc1cc(C)c(S(=O)(=O)N2CCC(N3CCC(c4ccccc4)CC3)CC2)c(C)c1. The van der Waals surface area contributed by atoms with Crippen LogP contribution in [-0.4, -0.2) is 49.8 Å². The topological polar surface area (TPSA) is 40.6 Å². The van der Waals surface area contributed by atoms with Crippen LogP contribution in [0.1, 0.15) is 53.9 Å². The van der Waals surface area contributed by atoms with Gasteiger partial charge in [-0.15, -0.1) is 0 Å². The first-order chi connectivity index (χ1) is 14.4. The minimum Gasteiger partial charge on any atom is -0.300 e. The molecule has 0 amide bonds. The number of piperidine rings is 2. The fourth-order valence-corrected chi connectivity index (χ4v) is 7.35. The van der Waals surface area contributed by atoms with Crippen molar-refractivity contribution in [2.45, 2.75) is 63.3 Å². The van der Waals surface area contributed by atoms with Crippen molar-refractivity contribution in [2.75, 3.05) is 26.2 Å². The molecule has 2 aromatic rings. The zero-order valence-corrected chi connectivity index (χ0v) is 19.3. The summed E-state index contributed by atoms with van der Waals surface area (Å²) in [6.07, 6.45) is 4.26. The Hall–Kier alpha value is -1.69. The molecule has 5 heteroatoms. The first kappa shape index (κ1) is 21.5. The molecule has 2 aliphatic heterocycles. The normalized spacial score (nSPS) is 20.5. The highest BCUT2D eigenvalue weighted by molar-refractivity contribution is 7.89. The van der Waals surface area contributed by atoms with E-state index >= 15 is 0 Å². The predicted molar refractivity (Wildman–Crippen MR) is 122 cm³/mol. The zero-order valence-electron chi connectivity index (χ0n) is 18.5. The van der Waals surface area contributed by atoms with Gasteiger partial charge in [0.1, 0.15) is 0 Å². The highest BCUT2D eigenvalue weighted by Gasteiger charge is 2.34. The molecule has 0 aliphatic carbocycles. The molecule has 0 N–H and O–H groups in total. The van der Waals surface area contributed by atoms with Gasteiger partial charge in [-0.1, -0.05) is 48.0 Å². The van der Waals surface area contributed by atoms with E-state index in [1.54, 1.807) is 4.31 Å². The van der Waals surface area contributed by atoms with E-state index in [2.05, 4.69) is 35.2 Å². The molecule has 0 atom stereocenters. The lowest BCUT2D eigenvalue weighted by atomic mass is 9.88. The van der Waals surface area contributed by atoms with E-state index in [4.69, 9.17) is 0 Å². The molecule has 0 aromatic heterocycles. The number of aryl methyl sites for hydroxylation is 3. The average Bonchev–Trinajstić information content (AvgIpc) is 2.74. The minimum atomic E-state index is -3.42. The van der Waals surface area contributed by atoms with Crippen LogP contribution in [0, 0.1) is 20.8 Å². The molecule has 4 rings (SSSR count). The van der Waals surface area contributed by atoms with Crippen LogP contribution in [0.5, 0.6) is 0 Å². The Morgan fingerprint density at radius 2 is 1.37 bits per heavy atom. The molecular formula is C25H34N2O2S. The third-order valence-corrected chi connectivity index (χ3v) is 9.15. The standard InChI is InChI=1S/C25H34N2O2S/c1-19-17-20(2)25(21(3)18-19)30(28,29)27-15-11-24(12-16-27)26-13-9-23(10-14-26)22-7-5-4-6-8-22/h4-8,17-18,23-24H,9-16H2,1-3H3. The van der Waals surface area contributed by atoms with E-state index in [1.165, 1.54) is 18.4 Å². The van der Waals surface area contributed by atoms with Crippen molar-refractivity contribution in [1.82, 2.24) is 9.21 Å². The molecule has 2 aliphatic rings. The summed E-state index contributed by atoms with van der Waals surface area (Å²) in [5, 5.41) is 0. The number of likely N-dealkylation sites (tertiary alicyclic amines) is 1. The molecule has 0 saturated carbocycles. The summed E-state index contributed by atoms with van der Waals surface area (Å²) in [5.74, 6) is 0.662. The third-order valence-electron chi connectivity index (χ3n) is 6.94. The van der Waals surface area contributed by atoms with Gasteiger partial charge in [0.25, 0.3) is 0 Å². The predicted octanol–water partition coefficient (Wildman–Crippen LogP) is 4.64. The van der Waals surface area contributed by atoms with Gasteiger partial charge in [0, 0.05) is 19.1 Å². The van der Waals surface area contributed by atoms with E-state index in [0.29, 0.717) is 29.9 Å². The van der Waals surface area contributed by atoms with Gasteiger partial charge in [0.05, 0.1) is 4.90 Å². The molecule has 2 saturated heterocycles. The monoisotopic (exact) mass is 426 g/mol. The number of hydrogen-bond donors (Lipinski definition) is 0. The summed E-state index contributed by atoms with van der Waals surface area (Å²) >= 11 is 0. The Balaban J connectivity index is 1.36. The summed E-state index contributed by atoms with van der Waals surface area (Å²) in [6.45, 7) is 9.33. The lowest BCUT2D eigenvalue weighted by Crippen LogP contribution is -2.48. The fraction of sp³-hybridized carbons (Fsp3) is 0.520. The van der Waals surface area contributed by atoms with Crippen LogP contribution in [0.2, 0.25) is 0 Å². The van der Waals surface area contributed by atoms with E-state index in [9.17, 15) is 8.42 Å². The van der Waals surface area contributed by atoms with Gasteiger partial charge in [0.2, 0.25) is 10.0 Å². The Labute approximate surface area is 182 Å². The molecule has 0 radical (unpaired) electrons. The fourth-order valence-electron chi connectivity index (χ4n) is 5.47. The summed E-state index contributed by atoms with van der Waals surface area (Å²) in [6, 6.07) is 15.3. The number of nitrogens with zero attached hydrogens (tertiary/aromatic N) is 2. The van der Waals surface area contributed by atoms with Crippen molar-refractivity contribution in [3.8, 4) is 0 Å². The largest absolute Gasteiger partial charge is 0.300 e. The van der Waals surface area contributed by atoms with Gasteiger partial charge in [0.15, 0.2) is 0 Å². The summed E-state index contributed by atoms with van der Waals surface area (Å²) < 4.78 is 28.4. The molecule has 162 valence electrons. The third kappa shape index (κ3) is 4.34. The van der Waals surface area contributed by atoms with Gasteiger partial charge >= 0.3 is 0 Å². The molecule has 2 heterocycles. The lowest BCUT2D eigenvalue weighted by molar-refractivity contribution is 0.110. The van der Waals surface area contributed by atoms with Crippen LogP contribution in [0.4, 0.5) is 0 Å². The Bertz CT molecular complexity index is 948. The maximum Gasteiger partial charge on any atom is 0.243 e. The summed E-state index contributed by atoms with van der Waals surface area (Å²) in [7, 11) is -3.42. The Morgan fingerprint density at radius 3 is 1.93 bits per heavy atom. The van der Waals surface area contributed by atoms with Crippen LogP contribution >= 0.6 is 0 Å².